The number of ether oxygens (including phenoxy) is 1. The Bertz CT molecular complexity index is 1370. The third-order valence-corrected chi connectivity index (χ3v) is 5.75. The minimum atomic E-state index is -0.928. The quantitative estimate of drug-likeness (QED) is 0.304. The number of fused-ring (bicyclic) bond motifs is 2. The van der Waals surface area contributed by atoms with Crippen molar-refractivity contribution in [1.29, 1.82) is 0 Å². The molecular formula is C26H27N3O4. The van der Waals surface area contributed by atoms with Gasteiger partial charge in [-0.3, -0.25) is 14.4 Å². The molecule has 1 N–H and O–H groups in total. The molecule has 0 radical (unpaired) electrons. The molecule has 33 heavy (non-hydrogen) atoms. The summed E-state index contributed by atoms with van der Waals surface area (Å²) in [4.78, 5) is 45.8. The number of Topliss-reactive ketones (excluding diaryl/α,β-unsaturated/α-hetero) is 1. The van der Waals surface area contributed by atoms with Crippen molar-refractivity contribution in [2.75, 3.05) is 0 Å². The first-order valence-corrected chi connectivity index (χ1v) is 11.3. The summed E-state index contributed by atoms with van der Waals surface area (Å²) < 4.78 is 7.12. The Labute approximate surface area is 191 Å². The molecule has 0 saturated heterocycles. The van der Waals surface area contributed by atoms with Gasteiger partial charge in [-0.2, -0.15) is 0 Å². The molecule has 0 fully saturated rings. The van der Waals surface area contributed by atoms with Crippen LogP contribution in [0.1, 0.15) is 49.2 Å². The molecule has 0 bridgehead atoms. The number of aryl methyl sites for hydroxylation is 2. The van der Waals surface area contributed by atoms with Gasteiger partial charge in [0.1, 0.15) is 5.69 Å². The molecule has 2 aromatic heterocycles. The predicted molar refractivity (Wildman–Crippen MR) is 127 cm³/mol. The van der Waals surface area contributed by atoms with Gasteiger partial charge in [0.05, 0.1) is 17.5 Å². The number of hydrogen-bond donors (Lipinski definition) is 1. The summed E-state index contributed by atoms with van der Waals surface area (Å²) >= 11 is 0. The molecule has 0 aliphatic rings. The molecule has 4 rings (SSSR count). The van der Waals surface area contributed by atoms with Gasteiger partial charge in [0.15, 0.2) is 6.10 Å². The van der Waals surface area contributed by atoms with Crippen molar-refractivity contribution in [3.63, 3.8) is 0 Å². The molecule has 0 saturated carbocycles. The van der Waals surface area contributed by atoms with Crippen LogP contribution in [0.25, 0.3) is 21.9 Å². The van der Waals surface area contributed by atoms with Crippen LogP contribution in [0.2, 0.25) is 0 Å². The molecule has 7 nitrogen and oxygen atoms in total. The molecule has 0 amide bonds. The van der Waals surface area contributed by atoms with Crippen molar-refractivity contribution in [3.8, 4) is 0 Å². The molecule has 1 unspecified atom stereocenters. The molecule has 0 aliphatic carbocycles. The van der Waals surface area contributed by atoms with Gasteiger partial charge >= 0.3 is 5.97 Å². The van der Waals surface area contributed by atoms with E-state index >= 15 is 0 Å². The van der Waals surface area contributed by atoms with Crippen molar-refractivity contribution < 1.29 is 14.3 Å². The van der Waals surface area contributed by atoms with Crippen molar-refractivity contribution in [2.24, 2.45) is 0 Å². The van der Waals surface area contributed by atoms with Crippen LogP contribution in [0.3, 0.4) is 0 Å². The molecule has 1 atom stereocenters. The maximum absolute atomic E-state index is 13.0. The highest BCUT2D eigenvalue weighted by atomic mass is 16.5. The second-order valence-corrected chi connectivity index (χ2v) is 8.10. The van der Waals surface area contributed by atoms with Crippen LogP contribution >= 0.6 is 0 Å². The highest BCUT2D eigenvalue weighted by molar-refractivity contribution is 6.10. The van der Waals surface area contributed by atoms with E-state index in [1.165, 1.54) is 0 Å². The van der Waals surface area contributed by atoms with Crippen molar-refractivity contribution in [1.82, 2.24) is 14.5 Å². The monoisotopic (exact) mass is 445 g/mol. The first-order chi connectivity index (χ1) is 16.0. The topological polar surface area (TPSA) is 94.0 Å². The summed E-state index contributed by atoms with van der Waals surface area (Å²) in [5.74, 6) is -0.809. The maximum Gasteiger partial charge on any atom is 0.306 e. The Morgan fingerprint density at radius 1 is 1.12 bits per heavy atom. The van der Waals surface area contributed by atoms with Gasteiger partial charge in [-0.25, -0.2) is 4.98 Å². The highest BCUT2D eigenvalue weighted by Crippen LogP contribution is 2.20. The van der Waals surface area contributed by atoms with Crippen LogP contribution in [0.4, 0.5) is 0 Å². The Kier molecular flexibility index (Phi) is 6.68. The third-order valence-electron chi connectivity index (χ3n) is 5.75. The van der Waals surface area contributed by atoms with Gasteiger partial charge in [0.2, 0.25) is 5.78 Å². The van der Waals surface area contributed by atoms with E-state index in [-0.39, 0.29) is 24.2 Å². The van der Waals surface area contributed by atoms with E-state index in [1.54, 1.807) is 17.7 Å². The smallest absolute Gasteiger partial charge is 0.306 e. The van der Waals surface area contributed by atoms with Crippen molar-refractivity contribution in [2.45, 2.75) is 52.2 Å². The number of unbranched alkanes of at least 4 members (excludes halogenated alkanes) is 1. The molecule has 170 valence electrons. The standard InChI is InChI=1S/C26H27N3O4/c1-3-4-15-29-23-12-8-7-11-21(23)28-22(26(29)32)13-14-24(30)33-17(2)25(31)19-16-27-20-10-6-5-9-18(19)20/h5-12,16-17,27H,3-4,13-15H2,1-2H3. The molecule has 4 aromatic rings. The number of nitrogens with one attached hydrogen (secondary N) is 1. The summed E-state index contributed by atoms with van der Waals surface area (Å²) in [5, 5.41) is 0.790. The van der Waals surface area contributed by atoms with Gasteiger partial charge in [-0.15, -0.1) is 0 Å². The lowest BCUT2D eigenvalue weighted by molar-refractivity contribution is -0.146. The Morgan fingerprint density at radius 3 is 2.70 bits per heavy atom. The van der Waals surface area contributed by atoms with E-state index in [2.05, 4.69) is 16.9 Å². The minimum Gasteiger partial charge on any atom is -0.454 e. The number of hydrogen-bond acceptors (Lipinski definition) is 5. The third kappa shape index (κ3) is 4.72. The fourth-order valence-corrected chi connectivity index (χ4v) is 3.97. The Balaban J connectivity index is 1.46. The summed E-state index contributed by atoms with van der Waals surface area (Å²) in [6.45, 7) is 4.24. The zero-order chi connectivity index (χ0) is 23.4. The number of rotatable bonds is 9. The zero-order valence-electron chi connectivity index (χ0n) is 18.8. The van der Waals surface area contributed by atoms with Crippen LogP contribution in [0.15, 0.2) is 59.5 Å². The Hall–Kier alpha value is -3.74. The SMILES string of the molecule is CCCCn1c(=O)c(CCC(=O)OC(C)C(=O)c2c[nH]c3ccccc23)nc2ccccc21. The second kappa shape index (κ2) is 9.81. The number of nitrogens with zero attached hydrogens (tertiary/aromatic N) is 2. The first-order valence-electron chi connectivity index (χ1n) is 11.3. The molecular weight excluding hydrogens is 418 g/mol. The largest absolute Gasteiger partial charge is 0.454 e. The molecule has 2 heterocycles. The first kappa shape index (κ1) is 22.5. The highest BCUT2D eigenvalue weighted by Gasteiger charge is 2.22. The number of carbonyl (C=O) groups is 2. The number of aromatic amines is 1. The van der Waals surface area contributed by atoms with E-state index in [4.69, 9.17) is 4.74 Å². The Morgan fingerprint density at radius 2 is 1.88 bits per heavy atom. The number of para-hydroxylation sites is 3. The van der Waals surface area contributed by atoms with Crippen LogP contribution < -0.4 is 5.56 Å². The van der Waals surface area contributed by atoms with Gasteiger partial charge in [-0.1, -0.05) is 43.7 Å². The van der Waals surface area contributed by atoms with Gasteiger partial charge < -0.3 is 14.3 Å². The fraction of sp³-hybridized carbons (Fsp3) is 0.308. The number of benzene rings is 2. The van der Waals surface area contributed by atoms with E-state index in [0.717, 1.165) is 34.8 Å². The number of H-pyrrole nitrogens is 1. The number of esters is 1. The summed E-state index contributed by atoms with van der Waals surface area (Å²) in [7, 11) is 0. The normalized spacial score (nSPS) is 12.2. The van der Waals surface area contributed by atoms with Crippen LogP contribution in [-0.4, -0.2) is 32.4 Å². The van der Waals surface area contributed by atoms with Gasteiger partial charge in [-0.05, 0) is 31.5 Å². The fourth-order valence-electron chi connectivity index (χ4n) is 3.97. The molecule has 7 heteroatoms. The van der Waals surface area contributed by atoms with E-state index in [1.807, 2.05) is 48.5 Å². The lowest BCUT2D eigenvalue weighted by atomic mass is 10.1. The molecule has 0 aliphatic heterocycles. The zero-order valence-corrected chi connectivity index (χ0v) is 18.8. The minimum absolute atomic E-state index is 0.0279. The number of aromatic nitrogens is 3. The van der Waals surface area contributed by atoms with E-state index < -0.39 is 12.1 Å². The summed E-state index contributed by atoms with van der Waals surface area (Å²) in [6.07, 6.45) is 2.68. The van der Waals surface area contributed by atoms with Crippen LogP contribution in [-0.2, 0) is 22.5 Å². The number of carbonyl (C=O) groups excluding carboxylic acids is 2. The lowest BCUT2D eigenvalue weighted by Gasteiger charge is -2.13. The van der Waals surface area contributed by atoms with E-state index in [0.29, 0.717) is 17.8 Å². The second-order valence-electron chi connectivity index (χ2n) is 8.10. The van der Waals surface area contributed by atoms with Crippen molar-refractivity contribution in [3.05, 3.63) is 76.3 Å². The van der Waals surface area contributed by atoms with Crippen molar-refractivity contribution >= 4 is 33.7 Å². The van der Waals surface area contributed by atoms with Gasteiger partial charge in [0, 0.05) is 35.6 Å². The predicted octanol–water partition coefficient (Wildman–Crippen LogP) is 4.43. The average Bonchev–Trinajstić information content (AvgIpc) is 3.26. The molecule has 2 aromatic carbocycles. The van der Waals surface area contributed by atoms with Crippen LogP contribution in [0.5, 0.6) is 0 Å². The summed E-state index contributed by atoms with van der Waals surface area (Å²) in [6, 6.07) is 15.0. The van der Waals surface area contributed by atoms with E-state index in [9.17, 15) is 14.4 Å². The summed E-state index contributed by atoms with van der Waals surface area (Å²) in [5.41, 5.74) is 3.00. The average molecular weight is 446 g/mol. The lowest BCUT2D eigenvalue weighted by Crippen LogP contribution is -2.28. The molecule has 0 spiro atoms. The van der Waals surface area contributed by atoms with Crippen LogP contribution in [0, 0.1) is 0 Å². The van der Waals surface area contributed by atoms with Gasteiger partial charge in [0.25, 0.3) is 5.56 Å². The number of ketones is 1. The maximum atomic E-state index is 13.0.